The molecule has 0 amide bonds. The van der Waals surface area contributed by atoms with Gasteiger partial charge in [-0.2, -0.15) is 4.31 Å². The first kappa shape index (κ1) is 19.8. The van der Waals surface area contributed by atoms with E-state index in [1.807, 2.05) is 38.2 Å². The summed E-state index contributed by atoms with van der Waals surface area (Å²) in [7, 11) is -1.53. The minimum Gasteiger partial charge on any atom is -0.387 e. The zero-order valence-corrected chi connectivity index (χ0v) is 16.5. The predicted molar refractivity (Wildman–Crippen MR) is 105 cm³/mol. The molecule has 0 bridgehead atoms. The Morgan fingerprint density at radius 2 is 1.93 bits per heavy atom. The minimum atomic E-state index is -3.51. The summed E-state index contributed by atoms with van der Waals surface area (Å²) in [5, 5.41) is 13.3. The summed E-state index contributed by atoms with van der Waals surface area (Å²) < 4.78 is 26.9. The monoisotopic (exact) mass is 390 g/mol. The molecule has 2 aromatic rings. The molecular formula is C19H26N4O3S. The second kappa shape index (κ2) is 8.35. The van der Waals surface area contributed by atoms with Crippen molar-refractivity contribution in [2.75, 3.05) is 45.1 Å². The van der Waals surface area contributed by atoms with Crippen LogP contribution in [0, 0.1) is 6.92 Å². The highest BCUT2D eigenvalue weighted by Gasteiger charge is 2.27. The Morgan fingerprint density at radius 1 is 1.19 bits per heavy atom. The Balaban J connectivity index is 1.61. The summed E-state index contributed by atoms with van der Waals surface area (Å²) >= 11 is 0. The number of piperazine rings is 1. The molecule has 1 aromatic carbocycles. The third kappa shape index (κ3) is 4.84. The molecule has 1 aromatic heterocycles. The Bertz CT molecular complexity index is 863. The van der Waals surface area contributed by atoms with Crippen LogP contribution in [0.4, 0.5) is 5.82 Å². The van der Waals surface area contributed by atoms with E-state index >= 15 is 0 Å². The van der Waals surface area contributed by atoms with E-state index in [-0.39, 0.29) is 4.90 Å². The van der Waals surface area contributed by atoms with Crippen LogP contribution in [0.1, 0.15) is 17.2 Å². The third-order valence-electron chi connectivity index (χ3n) is 4.74. The van der Waals surface area contributed by atoms with Crippen molar-refractivity contribution in [1.29, 1.82) is 0 Å². The molecule has 0 aliphatic carbocycles. The van der Waals surface area contributed by atoms with Crippen LogP contribution < -0.4 is 5.32 Å². The van der Waals surface area contributed by atoms with Crippen molar-refractivity contribution < 1.29 is 13.5 Å². The molecular weight excluding hydrogens is 364 g/mol. The van der Waals surface area contributed by atoms with Gasteiger partial charge in [-0.25, -0.2) is 13.4 Å². The maximum Gasteiger partial charge on any atom is 0.244 e. The third-order valence-corrected chi connectivity index (χ3v) is 6.62. The molecule has 7 nitrogen and oxygen atoms in total. The van der Waals surface area contributed by atoms with Gasteiger partial charge in [0.25, 0.3) is 0 Å². The van der Waals surface area contributed by atoms with Gasteiger partial charge in [-0.3, -0.25) is 0 Å². The molecule has 0 spiro atoms. The summed E-state index contributed by atoms with van der Waals surface area (Å²) in [5.41, 5.74) is 1.92. The first-order valence-electron chi connectivity index (χ1n) is 8.99. The molecule has 1 aliphatic rings. The predicted octanol–water partition coefficient (Wildman–Crippen LogP) is 1.47. The Hall–Kier alpha value is -2.00. The van der Waals surface area contributed by atoms with Gasteiger partial charge in [0.1, 0.15) is 10.7 Å². The number of hydrogen-bond donors (Lipinski definition) is 2. The fourth-order valence-corrected chi connectivity index (χ4v) is 4.38. The van der Waals surface area contributed by atoms with Gasteiger partial charge in [-0.1, -0.05) is 29.8 Å². The van der Waals surface area contributed by atoms with Crippen LogP contribution in [0.2, 0.25) is 0 Å². The van der Waals surface area contributed by atoms with Crippen LogP contribution in [0.15, 0.2) is 47.5 Å². The molecule has 3 rings (SSSR count). The maximum absolute atomic E-state index is 12.7. The molecule has 146 valence electrons. The van der Waals surface area contributed by atoms with Crippen LogP contribution in [0.25, 0.3) is 0 Å². The Labute approximate surface area is 160 Å². The molecule has 1 saturated heterocycles. The van der Waals surface area contributed by atoms with E-state index in [1.165, 1.54) is 10.5 Å². The lowest BCUT2D eigenvalue weighted by Crippen LogP contribution is -2.47. The van der Waals surface area contributed by atoms with Gasteiger partial charge in [0.15, 0.2) is 0 Å². The standard InChI is InChI=1S/C19H26N4O3S/c1-15-4-3-5-16(12-15)18(24)14-21-19-7-6-17(13-20-19)27(25,26)23-10-8-22(2)9-11-23/h3-7,12-13,18,24H,8-11,14H2,1-2H3,(H,20,21). The van der Waals surface area contributed by atoms with E-state index < -0.39 is 16.1 Å². The molecule has 27 heavy (non-hydrogen) atoms. The molecule has 0 saturated carbocycles. The first-order valence-corrected chi connectivity index (χ1v) is 10.4. The van der Waals surface area contributed by atoms with Crippen molar-refractivity contribution in [2.24, 2.45) is 0 Å². The van der Waals surface area contributed by atoms with Crippen LogP contribution in [-0.2, 0) is 10.0 Å². The van der Waals surface area contributed by atoms with Crippen LogP contribution >= 0.6 is 0 Å². The smallest absolute Gasteiger partial charge is 0.244 e. The number of aromatic nitrogens is 1. The van der Waals surface area contributed by atoms with E-state index in [4.69, 9.17) is 0 Å². The lowest BCUT2D eigenvalue weighted by molar-refractivity contribution is 0.191. The second-order valence-corrected chi connectivity index (χ2v) is 8.84. The SMILES string of the molecule is Cc1cccc(C(O)CNc2ccc(S(=O)(=O)N3CCN(C)CC3)cn2)c1. The molecule has 2 heterocycles. The first-order chi connectivity index (χ1) is 12.9. The van der Waals surface area contributed by atoms with Gasteiger partial charge in [0.2, 0.25) is 10.0 Å². The fraction of sp³-hybridized carbons (Fsp3) is 0.421. The summed E-state index contributed by atoms with van der Waals surface area (Å²) in [6, 6.07) is 10.9. The van der Waals surface area contributed by atoms with Crippen molar-refractivity contribution >= 4 is 15.8 Å². The molecule has 1 aliphatic heterocycles. The molecule has 2 N–H and O–H groups in total. The quantitative estimate of drug-likeness (QED) is 0.777. The largest absolute Gasteiger partial charge is 0.387 e. The number of nitrogens with one attached hydrogen (secondary N) is 1. The van der Waals surface area contributed by atoms with Crippen molar-refractivity contribution in [1.82, 2.24) is 14.2 Å². The second-order valence-electron chi connectivity index (χ2n) is 6.90. The minimum absolute atomic E-state index is 0.192. The van der Waals surface area contributed by atoms with Gasteiger partial charge < -0.3 is 15.3 Å². The van der Waals surface area contributed by atoms with E-state index in [9.17, 15) is 13.5 Å². The fourth-order valence-electron chi connectivity index (χ4n) is 3.01. The number of aliphatic hydroxyl groups excluding tert-OH is 1. The summed E-state index contributed by atoms with van der Waals surface area (Å²) in [6.07, 6.45) is 0.704. The molecule has 1 atom stereocenters. The number of hydrogen-bond acceptors (Lipinski definition) is 6. The maximum atomic E-state index is 12.7. The van der Waals surface area contributed by atoms with Gasteiger partial charge in [-0.05, 0) is 31.7 Å². The van der Waals surface area contributed by atoms with Crippen LogP contribution in [-0.4, -0.2) is 67.5 Å². The van der Waals surface area contributed by atoms with Crippen LogP contribution in [0.5, 0.6) is 0 Å². The van der Waals surface area contributed by atoms with E-state index in [0.29, 0.717) is 25.5 Å². The molecule has 1 unspecified atom stereocenters. The topological polar surface area (TPSA) is 85.8 Å². The zero-order chi connectivity index (χ0) is 19.4. The number of pyridine rings is 1. The normalized spacial score (nSPS) is 17.6. The van der Waals surface area contributed by atoms with Gasteiger partial charge >= 0.3 is 0 Å². The van der Waals surface area contributed by atoms with E-state index in [0.717, 1.165) is 24.2 Å². The average Bonchev–Trinajstić information content (AvgIpc) is 2.67. The van der Waals surface area contributed by atoms with Crippen molar-refractivity contribution in [2.45, 2.75) is 17.9 Å². The lowest BCUT2D eigenvalue weighted by Gasteiger charge is -2.31. The van der Waals surface area contributed by atoms with Crippen molar-refractivity contribution in [3.63, 3.8) is 0 Å². The highest BCUT2D eigenvalue weighted by atomic mass is 32.2. The van der Waals surface area contributed by atoms with E-state index in [2.05, 4.69) is 15.2 Å². The molecule has 8 heteroatoms. The summed E-state index contributed by atoms with van der Waals surface area (Å²) in [5.74, 6) is 0.527. The number of nitrogens with zero attached hydrogens (tertiary/aromatic N) is 3. The van der Waals surface area contributed by atoms with Gasteiger partial charge in [0.05, 0.1) is 6.10 Å². The number of rotatable bonds is 6. The number of aryl methyl sites for hydroxylation is 1. The van der Waals surface area contributed by atoms with Crippen molar-refractivity contribution in [3.05, 3.63) is 53.7 Å². The number of benzene rings is 1. The number of likely N-dealkylation sites (N-methyl/N-ethyl adjacent to an activating group) is 1. The number of sulfonamides is 1. The highest BCUT2D eigenvalue weighted by Crippen LogP contribution is 2.19. The van der Waals surface area contributed by atoms with Gasteiger partial charge in [0, 0.05) is 38.9 Å². The number of aliphatic hydroxyl groups is 1. The van der Waals surface area contributed by atoms with Crippen LogP contribution in [0.3, 0.4) is 0 Å². The Morgan fingerprint density at radius 3 is 2.56 bits per heavy atom. The Kier molecular flexibility index (Phi) is 6.11. The average molecular weight is 391 g/mol. The highest BCUT2D eigenvalue weighted by molar-refractivity contribution is 7.89. The number of anilines is 1. The van der Waals surface area contributed by atoms with Gasteiger partial charge in [-0.15, -0.1) is 0 Å². The zero-order valence-electron chi connectivity index (χ0n) is 15.7. The molecule has 0 radical (unpaired) electrons. The lowest BCUT2D eigenvalue weighted by atomic mass is 10.1. The van der Waals surface area contributed by atoms with E-state index in [1.54, 1.807) is 12.1 Å². The van der Waals surface area contributed by atoms with Crippen molar-refractivity contribution in [3.8, 4) is 0 Å². The summed E-state index contributed by atoms with van der Waals surface area (Å²) in [6.45, 7) is 4.70. The summed E-state index contributed by atoms with van der Waals surface area (Å²) in [4.78, 5) is 6.50. The molecule has 1 fully saturated rings.